The second-order valence-electron chi connectivity index (χ2n) is 10.5. The Kier molecular flexibility index (Phi) is 5.26. The van der Waals surface area contributed by atoms with E-state index in [-0.39, 0.29) is 5.82 Å². The fraction of sp³-hybridized carbons (Fsp3) is 0.0263. The van der Waals surface area contributed by atoms with Crippen LogP contribution in [-0.2, 0) is 5.41 Å². The molecule has 2 nitrogen and oxygen atoms in total. The fourth-order valence-electron chi connectivity index (χ4n) is 6.53. The number of halogens is 1. The Labute approximate surface area is 237 Å². The van der Waals surface area contributed by atoms with E-state index in [4.69, 9.17) is 4.42 Å². The van der Waals surface area contributed by atoms with E-state index < -0.39 is 5.41 Å². The summed E-state index contributed by atoms with van der Waals surface area (Å²) in [6.45, 7) is 0. The molecular formula is C38H24FNO. The molecule has 0 amide bonds. The molecule has 1 aliphatic carbocycles. The van der Waals surface area contributed by atoms with Crippen LogP contribution in [0.1, 0.15) is 22.3 Å². The van der Waals surface area contributed by atoms with Gasteiger partial charge in [-0.05, 0) is 80.9 Å². The monoisotopic (exact) mass is 529 g/mol. The molecule has 0 radical (unpaired) electrons. The van der Waals surface area contributed by atoms with Gasteiger partial charge in [-0.1, -0.05) is 109 Å². The number of benzene rings is 6. The van der Waals surface area contributed by atoms with E-state index in [9.17, 15) is 4.39 Å². The number of aromatic nitrogens is 1. The lowest BCUT2D eigenvalue weighted by atomic mass is 9.67. The Hall–Kier alpha value is -5.28. The summed E-state index contributed by atoms with van der Waals surface area (Å²) >= 11 is 0. The average molecular weight is 530 g/mol. The van der Waals surface area contributed by atoms with Crippen LogP contribution in [0.2, 0.25) is 0 Å². The van der Waals surface area contributed by atoms with Gasteiger partial charge in [0.15, 0.2) is 5.58 Å². The summed E-state index contributed by atoms with van der Waals surface area (Å²) in [5.41, 5.74) is 11.2. The molecule has 0 bridgehead atoms. The second kappa shape index (κ2) is 9.14. The largest absolute Gasteiger partial charge is 0.436 e. The molecule has 0 aliphatic heterocycles. The first-order valence-corrected chi connectivity index (χ1v) is 13.7. The van der Waals surface area contributed by atoms with Crippen molar-refractivity contribution < 1.29 is 8.81 Å². The van der Waals surface area contributed by atoms with Crippen LogP contribution in [0.4, 0.5) is 4.39 Å². The Morgan fingerprint density at radius 1 is 0.512 bits per heavy atom. The molecule has 41 heavy (non-hydrogen) atoms. The zero-order valence-corrected chi connectivity index (χ0v) is 22.1. The topological polar surface area (TPSA) is 26.0 Å². The first kappa shape index (κ1) is 23.6. The molecule has 1 atom stereocenters. The number of hydrogen-bond donors (Lipinski definition) is 0. The van der Waals surface area contributed by atoms with Crippen LogP contribution in [0.5, 0.6) is 0 Å². The van der Waals surface area contributed by atoms with Gasteiger partial charge in [-0.3, -0.25) is 0 Å². The molecule has 3 heteroatoms. The number of rotatable bonds is 4. The molecule has 194 valence electrons. The van der Waals surface area contributed by atoms with Crippen molar-refractivity contribution >= 4 is 11.1 Å². The van der Waals surface area contributed by atoms with Crippen LogP contribution in [0.15, 0.2) is 150 Å². The summed E-state index contributed by atoms with van der Waals surface area (Å²) in [7, 11) is 0. The Bertz CT molecular complexity index is 2010. The first-order valence-electron chi connectivity index (χ1n) is 13.7. The molecule has 0 spiro atoms. The highest BCUT2D eigenvalue weighted by Crippen LogP contribution is 2.58. The van der Waals surface area contributed by atoms with Gasteiger partial charge in [0.1, 0.15) is 11.3 Å². The predicted molar refractivity (Wildman–Crippen MR) is 162 cm³/mol. The number of fused-ring (bicyclic) bond motifs is 4. The van der Waals surface area contributed by atoms with E-state index in [2.05, 4.69) is 96.0 Å². The normalized spacial score (nSPS) is 15.5. The third-order valence-electron chi connectivity index (χ3n) is 8.29. The molecule has 0 saturated heterocycles. The number of nitrogens with zero attached hydrogens (tertiary/aromatic N) is 1. The van der Waals surface area contributed by atoms with Gasteiger partial charge in [0, 0.05) is 5.56 Å². The molecule has 1 unspecified atom stereocenters. The van der Waals surface area contributed by atoms with Crippen molar-refractivity contribution in [2.45, 2.75) is 5.41 Å². The van der Waals surface area contributed by atoms with E-state index in [1.807, 2.05) is 42.5 Å². The maximum atomic E-state index is 14.2. The van der Waals surface area contributed by atoms with Crippen LogP contribution in [-0.4, -0.2) is 4.98 Å². The maximum Gasteiger partial charge on any atom is 0.227 e. The molecule has 6 aromatic carbocycles. The lowest BCUT2D eigenvalue weighted by Gasteiger charge is -2.34. The summed E-state index contributed by atoms with van der Waals surface area (Å²) in [4.78, 5) is 4.67. The number of oxazole rings is 1. The van der Waals surface area contributed by atoms with Crippen LogP contribution in [0.25, 0.3) is 44.8 Å². The molecule has 8 rings (SSSR count). The molecule has 0 fully saturated rings. The smallest absolute Gasteiger partial charge is 0.227 e. The van der Waals surface area contributed by atoms with Crippen LogP contribution in [0, 0.1) is 5.82 Å². The van der Waals surface area contributed by atoms with Gasteiger partial charge in [-0.25, -0.2) is 9.37 Å². The highest BCUT2D eigenvalue weighted by atomic mass is 19.1. The predicted octanol–water partition coefficient (Wildman–Crippen LogP) is 9.66. The van der Waals surface area contributed by atoms with Gasteiger partial charge >= 0.3 is 0 Å². The Balaban J connectivity index is 1.34. The minimum Gasteiger partial charge on any atom is -0.436 e. The number of para-hydroxylation sites is 2. The van der Waals surface area contributed by atoms with Crippen LogP contribution >= 0.6 is 0 Å². The van der Waals surface area contributed by atoms with E-state index >= 15 is 0 Å². The molecule has 1 aliphatic rings. The Morgan fingerprint density at radius 2 is 1.15 bits per heavy atom. The SMILES string of the molecule is Fc1ccc(C2(c3ccccc3)c3ccccc3-c3c(-c4ccc(-c5nc6ccccc6o5)cc4)cccc32)cc1. The maximum absolute atomic E-state index is 14.2. The van der Waals surface area contributed by atoms with Crippen molar-refractivity contribution in [2.75, 3.05) is 0 Å². The van der Waals surface area contributed by atoms with Gasteiger partial charge < -0.3 is 4.42 Å². The highest BCUT2D eigenvalue weighted by Gasteiger charge is 2.46. The van der Waals surface area contributed by atoms with Crippen molar-refractivity contribution in [1.29, 1.82) is 0 Å². The average Bonchev–Trinajstić information content (AvgIpc) is 3.60. The van der Waals surface area contributed by atoms with E-state index in [0.29, 0.717) is 5.89 Å². The zero-order chi connectivity index (χ0) is 27.4. The minimum absolute atomic E-state index is 0.240. The third kappa shape index (κ3) is 3.52. The summed E-state index contributed by atoms with van der Waals surface area (Å²) in [5.74, 6) is 0.372. The summed E-state index contributed by atoms with van der Waals surface area (Å²) < 4.78 is 20.2. The molecular weight excluding hydrogens is 505 g/mol. The van der Waals surface area contributed by atoms with Gasteiger partial charge in [0.2, 0.25) is 5.89 Å². The summed E-state index contributed by atoms with van der Waals surface area (Å²) in [5, 5.41) is 0. The Morgan fingerprint density at radius 3 is 1.95 bits per heavy atom. The van der Waals surface area contributed by atoms with E-state index in [1.54, 1.807) is 12.1 Å². The van der Waals surface area contributed by atoms with Gasteiger partial charge in [0.25, 0.3) is 0 Å². The van der Waals surface area contributed by atoms with Gasteiger partial charge in [-0.15, -0.1) is 0 Å². The van der Waals surface area contributed by atoms with E-state index in [0.717, 1.165) is 38.9 Å². The van der Waals surface area contributed by atoms with Gasteiger partial charge in [-0.2, -0.15) is 0 Å². The molecule has 1 aromatic heterocycles. The van der Waals surface area contributed by atoms with Crippen molar-refractivity contribution in [3.05, 3.63) is 174 Å². The van der Waals surface area contributed by atoms with Crippen LogP contribution in [0.3, 0.4) is 0 Å². The standard InChI is InChI=1S/C38H24FNO/c39-29-23-21-28(22-24-29)38(27-9-2-1-3-10-27)32-13-5-4-11-31(32)36-30(12-8-14-33(36)38)25-17-19-26(20-18-25)37-40-34-15-6-7-16-35(34)41-37/h1-24H. The summed E-state index contributed by atoms with van der Waals surface area (Å²) in [6.07, 6.45) is 0. The van der Waals surface area contributed by atoms with E-state index in [1.165, 1.54) is 22.3 Å². The number of hydrogen-bond acceptors (Lipinski definition) is 2. The van der Waals surface area contributed by atoms with Crippen molar-refractivity contribution in [3.8, 4) is 33.7 Å². The van der Waals surface area contributed by atoms with Crippen LogP contribution < -0.4 is 0 Å². The molecule has 7 aromatic rings. The minimum atomic E-state index is -0.574. The molecule has 0 N–H and O–H groups in total. The van der Waals surface area contributed by atoms with Crippen molar-refractivity contribution in [3.63, 3.8) is 0 Å². The molecule has 0 saturated carbocycles. The lowest BCUT2D eigenvalue weighted by Crippen LogP contribution is -2.28. The van der Waals surface area contributed by atoms with Crippen molar-refractivity contribution in [2.24, 2.45) is 0 Å². The lowest BCUT2D eigenvalue weighted by molar-refractivity contribution is 0.620. The highest BCUT2D eigenvalue weighted by molar-refractivity contribution is 5.95. The second-order valence-corrected chi connectivity index (χ2v) is 10.5. The van der Waals surface area contributed by atoms with Gasteiger partial charge in [0.05, 0.1) is 5.41 Å². The quantitative estimate of drug-likeness (QED) is 0.227. The molecule has 1 heterocycles. The zero-order valence-electron chi connectivity index (χ0n) is 22.1. The van der Waals surface area contributed by atoms with Crippen molar-refractivity contribution in [1.82, 2.24) is 4.98 Å². The third-order valence-corrected chi connectivity index (χ3v) is 8.29. The summed E-state index contributed by atoms with van der Waals surface area (Å²) in [6, 6.07) is 48.9. The first-order chi connectivity index (χ1) is 20.2. The fourth-order valence-corrected chi connectivity index (χ4v) is 6.53.